The number of hydrogen-bond acceptors (Lipinski definition) is 5. The van der Waals surface area contributed by atoms with E-state index < -0.39 is 11.7 Å². The van der Waals surface area contributed by atoms with Crippen LogP contribution in [0, 0.1) is 6.92 Å². The van der Waals surface area contributed by atoms with Gasteiger partial charge in [0.25, 0.3) is 0 Å². The van der Waals surface area contributed by atoms with Crippen molar-refractivity contribution in [3.8, 4) is 11.4 Å². The Bertz CT molecular complexity index is 1140. The van der Waals surface area contributed by atoms with Crippen LogP contribution in [0.25, 0.3) is 5.69 Å². The molecule has 0 unspecified atom stereocenters. The van der Waals surface area contributed by atoms with Crippen LogP contribution in [0.1, 0.15) is 29.8 Å². The van der Waals surface area contributed by atoms with Gasteiger partial charge in [0.05, 0.1) is 30.5 Å². The van der Waals surface area contributed by atoms with Crippen molar-refractivity contribution in [1.29, 1.82) is 0 Å². The average molecular weight is 445 g/mol. The first kappa shape index (κ1) is 21.7. The van der Waals surface area contributed by atoms with E-state index in [2.05, 4.69) is 20.7 Å². The molecule has 1 fully saturated rings. The van der Waals surface area contributed by atoms with E-state index in [4.69, 9.17) is 4.74 Å². The number of alkyl halides is 3. The van der Waals surface area contributed by atoms with E-state index in [-0.39, 0.29) is 29.8 Å². The molecule has 168 valence electrons. The molecule has 2 N–H and O–H groups in total. The van der Waals surface area contributed by atoms with Crippen molar-refractivity contribution >= 4 is 17.4 Å². The SMILES string of the molecule is COc1cc(Nc2cc(CC(=O)NC3CC3)n(-c3ccnc(C)c3)n2)cc(C(F)(F)F)c1. The number of pyridine rings is 1. The van der Waals surface area contributed by atoms with Crippen molar-refractivity contribution in [2.75, 3.05) is 12.4 Å². The minimum atomic E-state index is -4.52. The Morgan fingerprint density at radius 1 is 1.22 bits per heavy atom. The fraction of sp³-hybridized carbons (Fsp3) is 0.318. The quantitative estimate of drug-likeness (QED) is 0.571. The highest BCUT2D eigenvalue weighted by Crippen LogP contribution is 2.35. The van der Waals surface area contributed by atoms with Crippen LogP contribution >= 0.6 is 0 Å². The smallest absolute Gasteiger partial charge is 0.416 e. The zero-order valence-electron chi connectivity index (χ0n) is 17.5. The second kappa shape index (κ2) is 8.52. The Hall–Kier alpha value is -3.56. The van der Waals surface area contributed by atoms with Crippen LogP contribution < -0.4 is 15.4 Å². The lowest BCUT2D eigenvalue weighted by Gasteiger charge is -2.12. The molecule has 0 radical (unpaired) electrons. The normalized spacial score (nSPS) is 13.7. The summed E-state index contributed by atoms with van der Waals surface area (Å²) in [6.07, 6.45) is -0.869. The number of benzene rings is 1. The van der Waals surface area contributed by atoms with Gasteiger partial charge in [-0.25, -0.2) is 4.68 Å². The Balaban J connectivity index is 1.67. The highest BCUT2D eigenvalue weighted by Gasteiger charge is 2.31. The van der Waals surface area contributed by atoms with E-state index >= 15 is 0 Å². The summed E-state index contributed by atoms with van der Waals surface area (Å²) in [4.78, 5) is 16.6. The number of carbonyl (C=O) groups excluding carboxylic acids is 1. The monoisotopic (exact) mass is 445 g/mol. The lowest BCUT2D eigenvalue weighted by Crippen LogP contribution is -2.27. The highest BCUT2D eigenvalue weighted by molar-refractivity contribution is 5.79. The predicted octanol–water partition coefficient (Wildman–Crippen LogP) is 4.17. The van der Waals surface area contributed by atoms with E-state index in [9.17, 15) is 18.0 Å². The summed E-state index contributed by atoms with van der Waals surface area (Å²) >= 11 is 0. The third-order valence-electron chi connectivity index (χ3n) is 4.93. The minimum Gasteiger partial charge on any atom is -0.497 e. The summed E-state index contributed by atoms with van der Waals surface area (Å²) in [6, 6.07) is 8.79. The van der Waals surface area contributed by atoms with Gasteiger partial charge >= 0.3 is 6.18 Å². The number of anilines is 2. The summed E-state index contributed by atoms with van der Waals surface area (Å²) in [6.45, 7) is 1.83. The minimum absolute atomic E-state index is 0.0653. The maximum absolute atomic E-state index is 13.2. The number of halogens is 3. The van der Waals surface area contributed by atoms with E-state index in [0.717, 1.165) is 30.7 Å². The summed E-state index contributed by atoms with van der Waals surface area (Å²) in [5.74, 6) is 0.234. The molecular formula is C22H22F3N5O2. The first-order valence-electron chi connectivity index (χ1n) is 10.1. The number of aromatic nitrogens is 3. The fourth-order valence-electron chi connectivity index (χ4n) is 3.26. The molecule has 2 heterocycles. The molecule has 0 bridgehead atoms. The van der Waals surface area contributed by atoms with Gasteiger partial charge in [-0.15, -0.1) is 5.10 Å². The van der Waals surface area contributed by atoms with E-state index in [1.165, 1.54) is 13.2 Å². The molecule has 4 rings (SSSR count). The van der Waals surface area contributed by atoms with Gasteiger partial charge in [-0.3, -0.25) is 9.78 Å². The molecule has 32 heavy (non-hydrogen) atoms. The van der Waals surface area contributed by atoms with Gasteiger partial charge < -0.3 is 15.4 Å². The molecule has 1 saturated carbocycles. The number of hydrogen-bond donors (Lipinski definition) is 2. The number of carbonyl (C=O) groups is 1. The van der Waals surface area contributed by atoms with Crippen LogP contribution in [0.15, 0.2) is 42.6 Å². The number of aryl methyl sites for hydroxylation is 1. The van der Waals surface area contributed by atoms with Crippen LogP contribution in [0.2, 0.25) is 0 Å². The largest absolute Gasteiger partial charge is 0.497 e. The molecule has 0 atom stereocenters. The molecule has 1 aliphatic carbocycles. The van der Waals surface area contributed by atoms with Crippen LogP contribution in [-0.4, -0.2) is 33.8 Å². The number of amides is 1. The molecule has 10 heteroatoms. The van der Waals surface area contributed by atoms with Gasteiger partial charge in [0.1, 0.15) is 5.75 Å². The first-order chi connectivity index (χ1) is 15.2. The van der Waals surface area contributed by atoms with Gasteiger partial charge in [0.15, 0.2) is 5.82 Å². The number of nitrogens with one attached hydrogen (secondary N) is 2. The molecule has 1 amide bonds. The molecule has 1 aromatic carbocycles. The summed E-state index contributed by atoms with van der Waals surface area (Å²) in [7, 11) is 1.30. The Kier molecular flexibility index (Phi) is 5.77. The molecule has 2 aromatic heterocycles. The number of rotatable bonds is 7. The third kappa shape index (κ3) is 5.19. The maximum Gasteiger partial charge on any atom is 0.416 e. The van der Waals surface area contributed by atoms with Crippen LogP contribution in [0.4, 0.5) is 24.7 Å². The van der Waals surface area contributed by atoms with Crippen molar-refractivity contribution in [2.45, 2.75) is 38.4 Å². The van der Waals surface area contributed by atoms with E-state index in [1.54, 1.807) is 23.0 Å². The van der Waals surface area contributed by atoms with Crippen molar-refractivity contribution < 1.29 is 22.7 Å². The summed E-state index contributed by atoms with van der Waals surface area (Å²) in [5.41, 5.74) is 1.38. The molecule has 0 spiro atoms. The summed E-state index contributed by atoms with van der Waals surface area (Å²) < 4.78 is 46.4. The van der Waals surface area contributed by atoms with Crippen molar-refractivity contribution in [1.82, 2.24) is 20.1 Å². The van der Waals surface area contributed by atoms with Crippen molar-refractivity contribution in [3.63, 3.8) is 0 Å². The predicted molar refractivity (Wildman–Crippen MR) is 112 cm³/mol. The Labute approximate surface area is 182 Å². The zero-order valence-corrected chi connectivity index (χ0v) is 17.5. The standard InChI is InChI=1S/C22H22F3N5O2/c1-13-7-17(5-6-26-13)30-18(12-21(31)28-15-3-4-15)11-20(29-30)27-16-8-14(22(23,24)25)9-19(10-16)32-2/h5-11,15H,3-4,12H2,1-2H3,(H,27,29)(H,28,31). The topological polar surface area (TPSA) is 81.1 Å². The first-order valence-corrected chi connectivity index (χ1v) is 10.1. The summed E-state index contributed by atoms with van der Waals surface area (Å²) in [5, 5.41) is 10.3. The number of ether oxygens (including phenoxy) is 1. The molecule has 1 aliphatic rings. The lowest BCUT2D eigenvalue weighted by atomic mass is 10.1. The number of methoxy groups -OCH3 is 1. The van der Waals surface area contributed by atoms with Gasteiger partial charge in [-0.05, 0) is 44.0 Å². The second-order valence-corrected chi connectivity index (χ2v) is 7.68. The molecule has 0 saturated heterocycles. The lowest BCUT2D eigenvalue weighted by molar-refractivity contribution is -0.137. The van der Waals surface area contributed by atoms with Gasteiger partial charge in [-0.1, -0.05) is 0 Å². The van der Waals surface area contributed by atoms with E-state index in [0.29, 0.717) is 17.2 Å². The van der Waals surface area contributed by atoms with Gasteiger partial charge in [0.2, 0.25) is 5.91 Å². The zero-order chi connectivity index (χ0) is 22.9. The second-order valence-electron chi connectivity index (χ2n) is 7.68. The van der Waals surface area contributed by atoms with Gasteiger partial charge in [0, 0.05) is 35.8 Å². The maximum atomic E-state index is 13.2. The van der Waals surface area contributed by atoms with Crippen LogP contribution in [0.5, 0.6) is 5.75 Å². The molecular weight excluding hydrogens is 423 g/mol. The Morgan fingerprint density at radius 2 is 2.00 bits per heavy atom. The third-order valence-corrected chi connectivity index (χ3v) is 4.93. The van der Waals surface area contributed by atoms with Gasteiger partial charge in [-0.2, -0.15) is 13.2 Å². The van der Waals surface area contributed by atoms with Crippen molar-refractivity contribution in [3.05, 3.63) is 59.5 Å². The molecule has 7 nitrogen and oxygen atoms in total. The van der Waals surface area contributed by atoms with Crippen molar-refractivity contribution in [2.24, 2.45) is 0 Å². The highest BCUT2D eigenvalue weighted by atomic mass is 19.4. The van der Waals surface area contributed by atoms with E-state index in [1.807, 2.05) is 13.0 Å². The molecule has 0 aliphatic heterocycles. The van der Waals surface area contributed by atoms with Crippen LogP contribution in [0.3, 0.4) is 0 Å². The number of nitrogens with zero attached hydrogens (tertiary/aromatic N) is 3. The van der Waals surface area contributed by atoms with Crippen LogP contribution in [-0.2, 0) is 17.4 Å². The molecule has 3 aromatic rings. The average Bonchev–Trinajstić information content (AvgIpc) is 3.45. The fourth-order valence-corrected chi connectivity index (χ4v) is 3.26. The Morgan fingerprint density at radius 3 is 2.66 bits per heavy atom.